The Morgan fingerprint density at radius 2 is 1.97 bits per heavy atom. The molecule has 0 atom stereocenters. The molecular weight excluding hydrogens is 396 g/mol. The largest absolute Gasteiger partial charge is 0.493 e. The lowest BCUT2D eigenvalue weighted by atomic mass is 10.2. The molecule has 2 aromatic rings. The van der Waals surface area contributed by atoms with Crippen molar-refractivity contribution in [1.82, 2.24) is 24.7 Å². The van der Waals surface area contributed by atoms with Crippen LogP contribution in [0.15, 0.2) is 30.7 Å². The van der Waals surface area contributed by atoms with Crippen LogP contribution >= 0.6 is 0 Å². The number of benzene rings is 1. The Kier molecular flexibility index (Phi) is 8.54. The standard InChI is InChI=1S/C22H34N6O3/c1-18-16-23-17-28(18)8-4-7-24-22(29)25-19-5-6-20(21(15-19)30-3)31-14-13-27-11-9-26(2)10-12-27/h5-6,15-17H,4,7-14H2,1-3H3,(H2,24,25,29). The quantitative estimate of drug-likeness (QED) is 0.561. The van der Waals surface area contributed by atoms with E-state index in [1.165, 1.54) is 0 Å². The van der Waals surface area contributed by atoms with Gasteiger partial charge in [-0.25, -0.2) is 9.78 Å². The number of aromatic nitrogens is 2. The van der Waals surface area contributed by atoms with E-state index in [4.69, 9.17) is 9.47 Å². The monoisotopic (exact) mass is 430 g/mol. The summed E-state index contributed by atoms with van der Waals surface area (Å²) in [7, 11) is 3.75. The van der Waals surface area contributed by atoms with Crippen LogP contribution in [0.1, 0.15) is 12.1 Å². The molecular formula is C22H34N6O3. The molecule has 0 bridgehead atoms. The minimum Gasteiger partial charge on any atom is -0.493 e. The predicted molar refractivity (Wildman–Crippen MR) is 121 cm³/mol. The molecule has 1 fully saturated rings. The topological polar surface area (TPSA) is 83.9 Å². The minimum atomic E-state index is -0.242. The first kappa shape index (κ1) is 22.9. The maximum atomic E-state index is 12.2. The lowest BCUT2D eigenvalue weighted by Crippen LogP contribution is -2.45. The molecule has 31 heavy (non-hydrogen) atoms. The van der Waals surface area contributed by atoms with Gasteiger partial charge in [-0.15, -0.1) is 0 Å². The van der Waals surface area contributed by atoms with Gasteiger partial charge >= 0.3 is 6.03 Å². The van der Waals surface area contributed by atoms with E-state index >= 15 is 0 Å². The Balaban J connectivity index is 1.40. The molecule has 3 rings (SSSR count). The second kappa shape index (κ2) is 11.6. The average Bonchev–Trinajstić information content (AvgIpc) is 3.18. The van der Waals surface area contributed by atoms with Crippen molar-refractivity contribution in [2.75, 3.05) is 65.3 Å². The molecule has 1 aromatic heterocycles. The van der Waals surface area contributed by atoms with E-state index in [1.54, 1.807) is 19.5 Å². The van der Waals surface area contributed by atoms with Gasteiger partial charge in [0.05, 0.1) is 13.4 Å². The molecule has 0 spiro atoms. The summed E-state index contributed by atoms with van der Waals surface area (Å²) in [5.74, 6) is 1.28. The highest BCUT2D eigenvalue weighted by molar-refractivity contribution is 5.89. The van der Waals surface area contributed by atoms with Crippen LogP contribution in [0, 0.1) is 6.92 Å². The molecule has 1 aliphatic heterocycles. The maximum absolute atomic E-state index is 12.2. The van der Waals surface area contributed by atoms with Crippen LogP contribution in [0.3, 0.4) is 0 Å². The van der Waals surface area contributed by atoms with Crippen molar-refractivity contribution in [2.24, 2.45) is 0 Å². The van der Waals surface area contributed by atoms with E-state index in [2.05, 4.69) is 37.0 Å². The smallest absolute Gasteiger partial charge is 0.319 e. The predicted octanol–water partition coefficient (Wildman–Crippen LogP) is 2.04. The first-order valence-corrected chi connectivity index (χ1v) is 10.8. The molecule has 2 amide bonds. The summed E-state index contributed by atoms with van der Waals surface area (Å²) in [6.45, 7) is 9.22. The molecule has 9 nitrogen and oxygen atoms in total. The van der Waals surface area contributed by atoms with Gasteiger partial charge in [0, 0.05) is 69.5 Å². The van der Waals surface area contributed by atoms with E-state index in [9.17, 15) is 4.79 Å². The first-order chi connectivity index (χ1) is 15.0. The highest BCUT2D eigenvalue weighted by atomic mass is 16.5. The SMILES string of the molecule is COc1cc(NC(=O)NCCCn2cncc2C)ccc1OCCN1CCN(C)CC1. The van der Waals surface area contributed by atoms with Crippen molar-refractivity contribution in [2.45, 2.75) is 19.9 Å². The van der Waals surface area contributed by atoms with Crippen molar-refractivity contribution in [3.8, 4) is 11.5 Å². The highest BCUT2D eigenvalue weighted by Gasteiger charge is 2.14. The zero-order valence-corrected chi connectivity index (χ0v) is 18.8. The lowest BCUT2D eigenvalue weighted by Gasteiger charge is -2.32. The number of hydrogen-bond donors (Lipinski definition) is 2. The third kappa shape index (κ3) is 7.15. The lowest BCUT2D eigenvalue weighted by molar-refractivity contribution is 0.133. The zero-order valence-electron chi connectivity index (χ0n) is 18.8. The normalized spacial score (nSPS) is 14.9. The number of amides is 2. The number of nitrogens with zero attached hydrogens (tertiary/aromatic N) is 4. The van der Waals surface area contributed by atoms with Crippen LogP contribution in [-0.4, -0.2) is 85.4 Å². The van der Waals surface area contributed by atoms with E-state index < -0.39 is 0 Å². The van der Waals surface area contributed by atoms with Crippen molar-refractivity contribution in [3.63, 3.8) is 0 Å². The average molecular weight is 431 g/mol. The Hall–Kier alpha value is -2.78. The van der Waals surface area contributed by atoms with E-state index in [0.29, 0.717) is 30.3 Å². The number of nitrogens with one attached hydrogen (secondary N) is 2. The number of urea groups is 1. The van der Waals surface area contributed by atoms with E-state index in [-0.39, 0.29) is 6.03 Å². The number of likely N-dealkylation sites (N-methyl/N-ethyl adjacent to an activating group) is 1. The van der Waals surface area contributed by atoms with Crippen LogP contribution in [0.5, 0.6) is 11.5 Å². The third-order valence-corrected chi connectivity index (χ3v) is 5.46. The van der Waals surface area contributed by atoms with E-state index in [0.717, 1.165) is 51.4 Å². The number of hydrogen-bond acceptors (Lipinski definition) is 6. The number of rotatable bonds is 10. The molecule has 2 heterocycles. The summed E-state index contributed by atoms with van der Waals surface area (Å²) in [6, 6.07) is 5.19. The molecule has 1 aliphatic rings. The minimum absolute atomic E-state index is 0.242. The first-order valence-electron chi connectivity index (χ1n) is 10.8. The molecule has 1 saturated heterocycles. The summed E-state index contributed by atoms with van der Waals surface area (Å²) >= 11 is 0. The van der Waals surface area contributed by atoms with E-state index in [1.807, 2.05) is 25.3 Å². The molecule has 0 saturated carbocycles. The summed E-state index contributed by atoms with van der Waals surface area (Å²) < 4.78 is 13.4. The Bertz CT molecular complexity index is 832. The number of carbonyl (C=O) groups is 1. The number of aryl methyl sites for hydroxylation is 2. The number of piperazine rings is 1. The fourth-order valence-corrected chi connectivity index (χ4v) is 3.47. The second-order valence-corrected chi connectivity index (χ2v) is 7.82. The van der Waals surface area contributed by atoms with Gasteiger partial charge in [-0.2, -0.15) is 0 Å². The number of anilines is 1. The van der Waals surface area contributed by atoms with Crippen LogP contribution in [0.4, 0.5) is 10.5 Å². The van der Waals surface area contributed by atoms with Crippen molar-refractivity contribution in [3.05, 3.63) is 36.4 Å². The third-order valence-electron chi connectivity index (χ3n) is 5.46. The van der Waals surface area contributed by atoms with Gasteiger partial charge in [0.25, 0.3) is 0 Å². The summed E-state index contributed by atoms with van der Waals surface area (Å²) in [6.07, 6.45) is 4.46. The number of carbonyl (C=O) groups excluding carboxylic acids is 1. The van der Waals surface area contributed by atoms with Gasteiger partial charge in [0.2, 0.25) is 0 Å². The molecule has 0 aliphatic carbocycles. The molecule has 0 radical (unpaired) electrons. The van der Waals surface area contributed by atoms with Gasteiger partial charge in [0.1, 0.15) is 6.61 Å². The van der Waals surface area contributed by atoms with Crippen molar-refractivity contribution in [1.29, 1.82) is 0 Å². The van der Waals surface area contributed by atoms with Gasteiger partial charge < -0.3 is 29.6 Å². The van der Waals surface area contributed by atoms with Gasteiger partial charge in [0.15, 0.2) is 11.5 Å². The molecule has 2 N–H and O–H groups in total. The fourth-order valence-electron chi connectivity index (χ4n) is 3.47. The second-order valence-electron chi connectivity index (χ2n) is 7.82. The van der Waals surface area contributed by atoms with Crippen LogP contribution in [0.2, 0.25) is 0 Å². The molecule has 0 unspecified atom stereocenters. The van der Waals surface area contributed by atoms with Gasteiger partial charge in [-0.1, -0.05) is 0 Å². The Morgan fingerprint density at radius 3 is 2.68 bits per heavy atom. The molecule has 1 aromatic carbocycles. The van der Waals surface area contributed by atoms with Crippen LogP contribution in [0.25, 0.3) is 0 Å². The highest BCUT2D eigenvalue weighted by Crippen LogP contribution is 2.30. The van der Waals surface area contributed by atoms with Gasteiger partial charge in [-0.05, 0) is 32.5 Å². The van der Waals surface area contributed by atoms with Gasteiger partial charge in [-0.3, -0.25) is 4.90 Å². The number of ether oxygens (including phenoxy) is 2. The summed E-state index contributed by atoms with van der Waals surface area (Å²) in [5.41, 5.74) is 1.77. The summed E-state index contributed by atoms with van der Waals surface area (Å²) in [5, 5.41) is 5.72. The molecule has 170 valence electrons. The zero-order chi connectivity index (χ0) is 22.1. The van der Waals surface area contributed by atoms with Crippen molar-refractivity contribution >= 4 is 11.7 Å². The Labute approximate surface area is 184 Å². The van der Waals surface area contributed by atoms with Crippen molar-refractivity contribution < 1.29 is 14.3 Å². The fraction of sp³-hybridized carbons (Fsp3) is 0.545. The number of methoxy groups -OCH3 is 1. The maximum Gasteiger partial charge on any atom is 0.319 e. The summed E-state index contributed by atoms with van der Waals surface area (Å²) in [4.78, 5) is 21.0. The van der Waals surface area contributed by atoms with Crippen LogP contribution < -0.4 is 20.1 Å². The number of imidazole rings is 1. The Morgan fingerprint density at radius 1 is 1.16 bits per heavy atom. The van der Waals surface area contributed by atoms with Crippen LogP contribution in [-0.2, 0) is 6.54 Å². The molecule has 9 heteroatoms.